The lowest BCUT2D eigenvalue weighted by Crippen LogP contribution is -2.50. The van der Waals surface area contributed by atoms with E-state index in [9.17, 15) is 9.59 Å². The largest absolute Gasteiger partial charge is 0.497 e. The maximum absolute atomic E-state index is 12.4. The van der Waals surface area contributed by atoms with E-state index in [1.807, 2.05) is 59.5 Å². The maximum Gasteiger partial charge on any atom is 0.410 e. The zero-order valence-electron chi connectivity index (χ0n) is 16.2. The number of carbonyl (C=O) groups is 2. The Labute approximate surface area is 165 Å². The van der Waals surface area contributed by atoms with Crippen molar-refractivity contribution in [3.05, 3.63) is 65.7 Å². The third-order valence-electron chi connectivity index (χ3n) is 4.88. The highest BCUT2D eigenvalue weighted by Gasteiger charge is 2.24. The maximum atomic E-state index is 12.4. The summed E-state index contributed by atoms with van der Waals surface area (Å²) < 4.78 is 10.5. The van der Waals surface area contributed by atoms with Crippen LogP contribution < -0.4 is 4.74 Å². The number of rotatable bonds is 6. The molecule has 0 N–H and O–H groups in total. The smallest absolute Gasteiger partial charge is 0.410 e. The summed E-state index contributed by atoms with van der Waals surface area (Å²) in [6.45, 7) is 2.36. The number of hydrogen-bond acceptors (Lipinski definition) is 4. The van der Waals surface area contributed by atoms with Gasteiger partial charge in [0.25, 0.3) is 0 Å². The van der Waals surface area contributed by atoms with Crippen molar-refractivity contribution in [2.45, 2.75) is 19.4 Å². The fourth-order valence-electron chi connectivity index (χ4n) is 3.15. The summed E-state index contributed by atoms with van der Waals surface area (Å²) in [5, 5.41) is 0. The van der Waals surface area contributed by atoms with E-state index >= 15 is 0 Å². The third kappa shape index (κ3) is 5.49. The van der Waals surface area contributed by atoms with Crippen LogP contribution in [0.2, 0.25) is 0 Å². The monoisotopic (exact) mass is 382 g/mol. The zero-order chi connectivity index (χ0) is 19.8. The van der Waals surface area contributed by atoms with Crippen LogP contribution in [-0.4, -0.2) is 55.1 Å². The third-order valence-corrected chi connectivity index (χ3v) is 4.88. The number of piperazine rings is 1. The van der Waals surface area contributed by atoms with Gasteiger partial charge in [0.1, 0.15) is 12.4 Å². The second kappa shape index (κ2) is 9.78. The Morgan fingerprint density at radius 3 is 2.14 bits per heavy atom. The second-order valence-corrected chi connectivity index (χ2v) is 6.76. The molecule has 1 aliphatic heterocycles. The van der Waals surface area contributed by atoms with E-state index in [-0.39, 0.29) is 18.6 Å². The molecule has 1 aliphatic rings. The number of carbonyl (C=O) groups excluding carboxylic acids is 2. The minimum atomic E-state index is -0.325. The number of methoxy groups -OCH3 is 1. The Balaban J connectivity index is 1.38. The van der Waals surface area contributed by atoms with E-state index in [2.05, 4.69) is 0 Å². The number of hydrogen-bond donors (Lipinski definition) is 0. The quantitative estimate of drug-likeness (QED) is 0.770. The van der Waals surface area contributed by atoms with E-state index in [1.54, 1.807) is 12.0 Å². The molecule has 1 saturated heterocycles. The van der Waals surface area contributed by atoms with Crippen LogP contribution in [0.1, 0.15) is 17.5 Å². The Hall–Kier alpha value is -3.02. The SMILES string of the molecule is COc1ccc(CCC(=O)N2CCN(C(=O)OCc3ccccc3)CC2)cc1. The molecule has 0 saturated carbocycles. The summed E-state index contributed by atoms with van der Waals surface area (Å²) in [5.41, 5.74) is 2.07. The minimum Gasteiger partial charge on any atom is -0.497 e. The van der Waals surface area contributed by atoms with Gasteiger partial charge in [-0.05, 0) is 29.7 Å². The van der Waals surface area contributed by atoms with Gasteiger partial charge in [-0.25, -0.2) is 4.79 Å². The van der Waals surface area contributed by atoms with Crippen molar-refractivity contribution in [3.8, 4) is 5.75 Å². The predicted octanol–water partition coefficient (Wildman–Crippen LogP) is 3.11. The van der Waals surface area contributed by atoms with Gasteiger partial charge in [-0.1, -0.05) is 42.5 Å². The molecule has 0 bridgehead atoms. The van der Waals surface area contributed by atoms with Crippen molar-refractivity contribution in [2.75, 3.05) is 33.3 Å². The summed E-state index contributed by atoms with van der Waals surface area (Å²) >= 11 is 0. The molecule has 0 radical (unpaired) electrons. The fraction of sp³-hybridized carbons (Fsp3) is 0.364. The molecule has 0 unspecified atom stereocenters. The molecule has 0 aliphatic carbocycles. The molecule has 2 aromatic rings. The van der Waals surface area contributed by atoms with Crippen LogP contribution in [0.3, 0.4) is 0 Å². The molecule has 0 aromatic heterocycles. The van der Waals surface area contributed by atoms with Crippen molar-refractivity contribution in [3.63, 3.8) is 0 Å². The molecule has 6 nitrogen and oxygen atoms in total. The van der Waals surface area contributed by atoms with Crippen LogP contribution in [0.25, 0.3) is 0 Å². The normalized spacial score (nSPS) is 13.9. The minimum absolute atomic E-state index is 0.119. The average molecular weight is 382 g/mol. The average Bonchev–Trinajstić information content (AvgIpc) is 2.77. The van der Waals surface area contributed by atoms with Crippen molar-refractivity contribution in [2.24, 2.45) is 0 Å². The highest BCUT2D eigenvalue weighted by Crippen LogP contribution is 2.14. The number of aryl methyl sites for hydroxylation is 1. The van der Waals surface area contributed by atoms with Crippen LogP contribution in [0.4, 0.5) is 4.79 Å². The van der Waals surface area contributed by atoms with Crippen LogP contribution in [0, 0.1) is 0 Å². The van der Waals surface area contributed by atoms with Crippen molar-refractivity contribution in [1.82, 2.24) is 9.80 Å². The Morgan fingerprint density at radius 1 is 0.857 bits per heavy atom. The lowest BCUT2D eigenvalue weighted by Gasteiger charge is -2.34. The van der Waals surface area contributed by atoms with Gasteiger partial charge >= 0.3 is 6.09 Å². The first kappa shape index (κ1) is 19.7. The highest BCUT2D eigenvalue weighted by molar-refractivity contribution is 5.77. The molecule has 0 atom stereocenters. The first-order chi connectivity index (χ1) is 13.7. The van der Waals surface area contributed by atoms with Crippen LogP contribution in [0.5, 0.6) is 5.75 Å². The molecule has 1 heterocycles. The van der Waals surface area contributed by atoms with Gasteiger partial charge in [0, 0.05) is 32.6 Å². The first-order valence-corrected chi connectivity index (χ1v) is 9.52. The molecule has 3 rings (SSSR count). The molecular formula is C22H26N2O4. The Bertz CT molecular complexity index is 769. The van der Waals surface area contributed by atoms with Crippen molar-refractivity contribution in [1.29, 1.82) is 0 Å². The van der Waals surface area contributed by atoms with E-state index < -0.39 is 0 Å². The summed E-state index contributed by atoms with van der Waals surface area (Å²) in [7, 11) is 1.63. The standard InChI is InChI=1S/C22H26N2O4/c1-27-20-10-7-18(8-11-20)9-12-21(25)23-13-15-24(16-14-23)22(26)28-17-19-5-3-2-4-6-19/h2-8,10-11H,9,12-17H2,1H3. The van der Waals surface area contributed by atoms with Crippen molar-refractivity contribution < 1.29 is 19.1 Å². The topological polar surface area (TPSA) is 59.1 Å². The highest BCUT2D eigenvalue weighted by atomic mass is 16.6. The predicted molar refractivity (Wildman–Crippen MR) is 106 cm³/mol. The fourth-order valence-corrected chi connectivity index (χ4v) is 3.15. The first-order valence-electron chi connectivity index (χ1n) is 9.52. The summed E-state index contributed by atoms with van der Waals surface area (Å²) in [5.74, 6) is 0.929. The summed E-state index contributed by atoms with van der Waals surface area (Å²) in [4.78, 5) is 28.1. The van der Waals surface area contributed by atoms with E-state index in [0.29, 0.717) is 39.0 Å². The molecule has 148 valence electrons. The lowest BCUT2D eigenvalue weighted by atomic mass is 10.1. The van der Waals surface area contributed by atoms with Crippen LogP contribution in [-0.2, 0) is 22.6 Å². The van der Waals surface area contributed by atoms with Gasteiger partial charge in [0.15, 0.2) is 0 Å². The molecule has 6 heteroatoms. The van der Waals surface area contributed by atoms with E-state index in [1.165, 1.54) is 0 Å². The van der Waals surface area contributed by atoms with E-state index in [4.69, 9.17) is 9.47 Å². The van der Waals surface area contributed by atoms with Crippen LogP contribution >= 0.6 is 0 Å². The van der Waals surface area contributed by atoms with E-state index in [0.717, 1.165) is 16.9 Å². The lowest BCUT2D eigenvalue weighted by molar-refractivity contribution is -0.132. The Morgan fingerprint density at radius 2 is 1.50 bits per heavy atom. The van der Waals surface area contributed by atoms with Crippen molar-refractivity contribution >= 4 is 12.0 Å². The van der Waals surface area contributed by atoms with Gasteiger partial charge in [-0.3, -0.25) is 4.79 Å². The number of nitrogens with zero attached hydrogens (tertiary/aromatic N) is 2. The second-order valence-electron chi connectivity index (χ2n) is 6.76. The summed E-state index contributed by atoms with van der Waals surface area (Å²) in [6.07, 6.45) is 0.835. The molecule has 28 heavy (non-hydrogen) atoms. The van der Waals surface area contributed by atoms with Crippen LogP contribution in [0.15, 0.2) is 54.6 Å². The molecular weight excluding hydrogens is 356 g/mol. The zero-order valence-corrected chi connectivity index (χ0v) is 16.2. The number of ether oxygens (including phenoxy) is 2. The van der Waals surface area contributed by atoms with Gasteiger partial charge < -0.3 is 19.3 Å². The Kier molecular flexibility index (Phi) is 6.89. The molecule has 0 spiro atoms. The van der Waals surface area contributed by atoms with Gasteiger partial charge in [-0.15, -0.1) is 0 Å². The van der Waals surface area contributed by atoms with Gasteiger partial charge in [0.05, 0.1) is 7.11 Å². The molecule has 2 aromatic carbocycles. The van der Waals surface area contributed by atoms with Gasteiger partial charge in [-0.2, -0.15) is 0 Å². The number of benzene rings is 2. The summed E-state index contributed by atoms with van der Waals surface area (Å²) in [6, 6.07) is 17.4. The molecule has 2 amide bonds. The molecule has 1 fully saturated rings. The number of amides is 2. The van der Waals surface area contributed by atoms with Gasteiger partial charge in [0.2, 0.25) is 5.91 Å².